The molecule has 1 aliphatic rings. The van der Waals surface area contributed by atoms with E-state index in [0.717, 1.165) is 15.8 Å². The topological polar surface area (TPSA) is 57.6 Å². The highest BCUT2D eigenvalue weighted by Gasteiger charge is 2.34. The average molecular weight is 281 g/mol. The van der Waals surface area contributed by atoms with Crippen molar-refractivity contribution in [2.24, 2.45) is 0 Å². The molecule has 0 aromatic carbocycles. The number of aliphatic carboxylic acids is 1. The van der Waals surface area contributed by atoms with Crippen LogP contribution in [0.4, 0.5) is 0 Å². The van der Waals surface area contributed by atoms with Crippen LogP contribution >= 0.6 is 22.7 Å². The van der Waals surface area contributed by atoms with Crippen LogP contribution in [0.2, 0.25) is 0 Å². The van der Waals surface area contributed by atoms with Gasteiger partial charge in [-0.3, -0.25) is 4.79 Å². The Morgan fingerprint density at radius 3 is 2.94 bits per heavy atom. The van der Waals surface area contributed by atoms with Gasteiger partial charge in [-0.15, -0.1) is 22.7 Å². The molecular formula is C12H11NO3S2. The summed E-state index contributed by atoms with van der Waals surface area (Å²) >= 11 is 3.04. The number of likely N-dealkylation sites (tertiary alicyclic amines) is 1. The van der Waals surface area contributed by atoms with Crippen LogP contribution in [0.5, 0.6) is 0 Å². The first-order chi connectivity index (χ1) is 8.66. The summed E-state index contributed by atoms with van der Waals surface area (Å²) in [5, 5.41) is 11.1. The number of hydrogen-bond acceptors (Lipinski definition) is 4. The molecule has 18 heavy (non-hydrogen) atoms. The molecule has 0 radical (unpaired) electrons. The van der Waals surface area contributed by atoms with E-state index in [-0.39, 0.29) is 5.91 Å². The van der Waals surface area contributed by atoms with Gasteiger partial charge in [0.1, 0.15) is 6.04 Å². The predicted octanol–water partition coefficient (Wildman–Crippen LogP) is 2.65. The highest BCUT2D eigenvalue weighted by molar-refractivity contribution is 7.27. The van der Waals surface area contributed by atoms with Crippen LogP contribution in [-0.2, 0) is 4.79 Å². The van der Waals surface area contributed by atoms with Gasteiger partial charge in [0.2, 0.25) is 0 Å². The fourth-order valence-electron chi connectivity index (χ4n) is 2.28. The van der Waals surface area contributed by atoms with Crippen LogP contribution in [0, 0.1) is 0 Å². The number of rotatable bonds is 2. The van der Waals surface area contributed by atoms with Gasteiger partial charge >= 0.3 is 5.97 Å². The molecule has 1 N–H and O–H groups in total. The third-order valence-electron chi connectivity index (χ3n) is 3.15. The van der Waals surface area contributed by atoms with Crippen LogP contribution in [0.25, 0.3) is 9.40 Å². The second-order valence-corrected chi connectivity index (χ2v) is 6.29. The summed E-state index contributed by atoms with van der Waals surface area (Å²) in [4.78, 5) is 25.5. The lowest BCUT2D eigenvalue weighted by Crippen LogP contribution is -2.40. The number of carboxylic acid groups (broad SMARTS) is 1. The van der Waals surface area contributed by atoms with Crippen molar-refractivity contribution in [1.29, 1.82) is 0 Å². The van der Waals surface area contributed by atoms with Crippen molar-refractivity contribution in [2.45, 2.75) is 18.9 Å². The van der Waals surface area contributed by atoms with Crippen molar-refractivity contribution in [3.05, 3.63) is 22.4 Å². The van der Waals surface area contributed by atoms with Crippen molar-refractivity contribution >= 4 is 43.9 Å². The molecule has 1 amide bonds. The van der Waals surface area contributed by atoms with Gasteiger partial charge < -0.3 is 10.0 Å². The highest BCUT2D eigenvalue weighted by Crippen LogP contribution is 2.32. The van der Waals surface area contributed by atoms with Crippen molar-refractivity contribution in [2.75, 3.05) is 6.54 Å². The molecule has 3 rings (SSSR count). The fourth-order valence-corrected chi connectivity index (χ4v) is 4.34. The Morgan fingerprint density at radius 2 is 2.22 bits per heavy atom. The molecule has 1 saturated heterocycles. The number of thiophene rings is 2. The smallest absolute Gasteiger partial charge is 0.326 e. The third-order valence-corrected chi connectivity index (χ3v) is 5.23. The van der Waals surface area contributed by atoms with Gasteiger partial charge in [-0.1, -0.05) is 0 Å². The predicted molar refractivity (Wildman–Crippen MR) is 71.4 cm³/mol. The zero-order chi connectivity index (χ0) is 12.7. The zero-order valence-electron chi connectivity index (χ0n) is 9.46. The molecule has 0 saturated carbocycles. The summed E-state index contributed by atoms with van der Waals surface area (Å²) < 4.78 is 2.18. The average Bonchev–Trinajstić information content (AvgIpc) is 3.02. The minimum Gasteiger partial charge on any atom is -0.480 e. The Hall–Kier alpha value is -1.40. The van der Waals surface area contributed by atoms with Crippen LogP contribution < -0.4 is 0 Å². The van der Waals surface area contributed by atoms with Gasteiger partial charge in [-0.2, -0.15) is 0 Å². The summed E-state index contributed by atoms with van der Waals surface area (Å²) in [6, 6.07) is 3.20. The lowest BCUT2D eigenvalue weighted by molar-refractivity contribution is -0.141. The highest BCUT2D eigenvalue weighted by atomic mass is 32.1. The first-order valence-corrected chi connectivity index (χ1v) is 7.37. The van der Waals surface area contributed by atoms with Crippen LogP contribution in [0.1, 0.15) is 22.5 Å². The van der Waals surface area contributed by atoms with Crippen LogP contribution in [0.3, 0.4) is 0 Å². The van der Waals surface area contributed by atoms with Crippen LogP contribution in [0.15, 0.2) is 17.5 Å². The lowest BCUT2D eigenvalue weighted by Gasteiger charge is -2.20. The van der Waals surface area contributed by atoms with E-state index in [4.69, 9.17) is 5.11 Å². The number of nitrogens with zero attached hydrogens (tertiary/aromatic N) is 1. The second kappa shape index (κ2) is 4.37. The monoisotopic (exact) mass is 281 g/mol. The molecule has 1 fully saturated rings. The fraction of sp³-hybridized carbons (Fsp3) is 0.333. The molecule has 1 atom stereocenters. The Bertz CT molecular complexity index is 587. The maximum absolute atomic E-state index is 12.3. The largest absolute Gasteiger partial charge is 0.480 e. The first kappa shape index (κ1) is 11.7. The molecule has 0 unspecified atom stereocenters. The molecule has 4 nitrogen and oxygen atoms in total. The van der Waals surface area contributed by atoms with Crippen molar-refractivity contribution < 1.29 is 14.7 Å². The van der Waals surface area contributed by atoms with E-state index in [1.165, 1.54) is 16.2 Å². The molecule has 2 aromatic heterocycles. The molecule has 3 heterocycles. The van der Waals surface area contributed by atoms with Crippen molar-refractivity contribution in [3.8, 4) is 0 Å². The molecule has 2 aromatic rings. The van der Waals surface area contributed by atoms with E-state index in [2.05, 4.69) is 0 Å². The molecule has 94 valence electrons. The number of amides is 1. The summed E-state index contributed by atoms with van der Waals surface area (Å²) in [5.41, 5.74) is 0. The Morgan fingerprint density at radius 1 is 1.39 bits per heavy atom. The molecule has 6 heteroatoms. The van der Waals surface area contributed by atoms with E-state index >= 15 is 0 Å². The molecule has 0 bridgehead atoms. The SMILES string of the molecule is O=C(O)[C@@H]1CCCN1C(=O)c1cc2sccc2s1. The number of carbonyl (C=O) groups excluding carboxylic acids is 1. The Kier molecular flexibility index (Phi) is 2.83. The summed E-state index contributed by atoms with van der Waals surface area (Å²) in [6.07, 6.45) is 1.32. The molecule has 0 spiro atoms. The van der Waals surface area contributed by atoms with Crippen molar-refractivity contribution in [1.82, 2.24) is 4.90 Å². The van der Waals surface area contributed by atoms with Crippen molar-refractivity contribution in [3.63, 3.8) is 0 Å². The molecule has 0 aliphatic carbocycles. The standard InChI is InChI=1S/C12H11NO3S2/c14-11(13-4-1-2-7(13)12(15)16)10-6-9-8(18-10)3-5-17-9/h3,5-7H,1-2,4H2,(H,15,16)/t7-/m0/s1. The number of fused-ring (bicyclic) bond motifs is 1. The number of carbonyl (C=O) groups is 2. The normalized spacial score (nSPS) is 19.6. The minimum absolute atomic E-state index is 0.145. The van der Waals surface area contributed by atoms with E-state index in [9.17, 15) is 9.59 Å². The van der Waals surface area contributed by atoms with Gasteiger partial charge in [-0.05, 0) is 30.4 Å². The Balaban J connectivity index is 1.90. The van der Waals surface area contributed by atoms with E-state index in [1.807, 2.05) is 17.5 Å². The van der Waals surface area contributed by atoms with Gasteiger partial charge in [0.15, 0.2) is 0 Å². The summed E-state index contributed by atoms with van der Waals surface area (Å²) in [6.45, 7) is 0.543. The first-order valence-electron chi connectivity index (χ1n) is 5.67. The molecule has 1 aliphatic heterocycles. The van der Waals surface area contributed by atoms with Crippen LogP contribution in [-0.4, -0.2) is 34.5 Å². The maximum atomic E-state index is 12.3. The van der Waals surface area contributed by atoms with Gasteiger partial charge in [0.05, 0.1) is 4.88 Å². The number of carboxylic acids is 1. The Labute approximate surface area is 111 Å². The van der Waals surface area contributed by atoms with E-state index in [0.29, 0.717) is 17.8 Å². The number of hydrogen-bond donors (Lipinski definition) is 1. The van der Waals surface area contributed by atoms with Gasteiger partial charge in [-0.25, -0.2) is 4.79 Å². The van der Waals surface area contributed by atoms with E-state index < -0.39 is 12.0 Å². The summed E-state index contributed by atoms with van der Waals surface area (Å²) in [7, 11) is 0. The summed E-state index contributed by atoms with van der Waals surface area (Å²) in [5.74, 6) is -1.05. The third kappa shape index (κ3) is 1.81. The second-order valence-electron chi connectivity index (χ2n) is 4.25. The minimum atomic E-state index is -0.904. The van der Waals surface area contributed by atoms with Gasteiger partial charge in [0, 0.05) is 15.9 Å². The maximum Gasteiger partial charge on any atom is 0.326 e. The molecular weight excluding hydrogens is 270 g/mol. The lowest BCUT2D eigenvalue weighted by atomic mass is 10.2. The zero-order valence-corrected chi connectivity index (χ0v) is 11.1. The van der Waals surface area contributed by atoms with Gasteiger partial charge in [0.25, 0.3) is 5.91 Å². The quantitative estimate of drug-likeness (QED) is 0.920. The van der Waals surface area contributed by atoms with E-state index in [1.54, 1.807) is 11.3 Å².